The lowest BCUT2D eigenvalue weighted by molar-refractivity contribution is -0.162. The molecule has 0 aromatic heterocycles. The Labute approximate surface area is 111 Å². The van der Waals surface area contributed by atoms with Crippen molar-refractivity contribution in [1.29, 1.82) is 0 Å². The maximum Gasteiger partial charge on any atom is 0.184 e. The molecule has 1 aliphatic heterocycles. The summed E-state index contributed by atoms with van der Waals surface area (Å²) in [5.74, 6) is 0.0829. The second-order valence-electron chi connectivity index (χ2n) is 4.77. The molecule has 1 rings (SSSR count). The number of unbranched alkanes of at least 4 members (excludes halogenated alkanes) is 5. The normalized spacial score (nSPS) is 23.6. The molecule has 1 heterocycles. The van der Waals surface area contributed by atoms with E-state index in [-0.39, 0.29) is 18.2 Å². The van der Waals surface area contributed by atoms with Gasteiger partial charge in [0.2, 0.25) is 0 Å². The van der Waals surface area contributed by atoms with Gasteiger partial charge < -0.3 is 9.47 Å². The number of ketones is 1. The van der Waals surface area contributed by atoms with Crippen LogP contribution in [0.25, 0.3) is 0 Å². The summed E-state index contributed by atoms with van der Waals surface area (Å²) in [6.07, 6.45) is 10.9. The Morgan fingerprint density at radius 3 is 2.61 bits per heavy atom. The van der Waals surface area contributed by atoms with E-state index in [1.165, 1.54) is 32.1 Å². The van der Waals surface area contributed by atoms with E-state index in [1.54, 1.807) is 12.2 Å². The van der Waals surface area contributed by atoms with Crippen molar-refractivity contribution in [1.82, 2.24) is 0 Å². The van der Waals surface area contributed by atoms with Crippen molar-refractivity contribution in [2.24, 2.45) is 0 Å². The summed E-state index contributed by atoms with van der Waals surface area (Å²) < 4.78 is 11.0. The quantitative estimate of drug-likeness (QED) is 0.589. The van der Waals surface area contributed by atoms with Crippen molar-refractivity contribution in [3.63, 3.8) is 0 Å². The summed E-state index contributed by atoms with van der Waals surface area (Å²) in [5, 5.41) is 0. The molecule has 1 aliphatic rings. The third kappa shape index (κ3) is 5.78. The van der Waals surface area contributed by atoms with Gasteiger partial charge in [0.1, 0.15) is 6.10 Å². The molecule has 0 saturated heterocycles. The van der Waals surface area contributed by atoms with Gasteiger partial charge in [0, 0.05) is 6.61 Å². The molecule has 0 aliphatic carbocycles. The lowest BCUT2D eigenvalue weighted by Crippen LogP contribution is -2.33. The third-order valence-electron chi connectivity index (χ3n) is 3.18. The van der Waals surface area contributed by atoms with Crippen LogP contribution < -0.4 is 0 Å². The number of hydrogen-bond donors (Lipinski definition) is 0. The average Bonchev–Trinajstić information content (AvgIpc) is 2.37. The minimum absolute atomic E-state index is 0.0829. The van der Waals surface area contributed by atoms with Crippen LogP contribution in [0.1, 0.15) is 58.8 Å². The zero-order valence-electron chi connectivity index (χ0n) is 11.7. The van der Waals surface area contributed by atoms with Crippen LogP contribution in [0.3, 0.4) is 0 Å². The Balaban J connectivity index is 2.16. The summed E-state index contributed by atoms with van der Waals surface area (Å²) in [6, 6.07) is 0. The van der Waals surface area contributed by atoms with E-state index in [9.17, 15) is 4.79 Å². The molecule has 0 saturated carbocycles. The molecule has 3 nitrogen and oxygen atoms in total. The summed E-state index contributed by atoms with van der Waals surface area (Å²) in [7, 11) is 0. The second kappa shape index (κ2) is 9.29. The number of hydrogen-bond acceptors (Lipinski definition) is 3. The third-order valence-corrected chi connectivity index (χ3v) is 3.18. The number of carbonyl (C=O) groups is 1. The van der Waals surface area contributed by atoms with Crippen LogP contribution in [-0.2, 0) is 14.3 Å². The van der Waals surface area contributed by atoms with Crippen LogP contribution in [-0.4, -0.2) is 24.8 Å². The fourth-order valence-electron chi connectivity index (χ4n) is 2.13. The van der Waals surface area contributed by atoms with Crippen LogP contribution in [0.5, 0.6) is 0 Å². The molecule has 2 atom stereocenters. The van der Waals surface area contributed by atoms with Crippen molar-refractivity contribution in [2.45, 2.75) is 71.2 Å². The largest absolute Gasteiger partial charge is 0.349 e. The fraction of sp³-hybridized carbons (Fsp3) is 0.800. The summed E-state index contributed by atoms with van der Waals surface area (Å²) in [5.41, 5.74) is 0. The molecule has 0 N–H and O–H groups in total. The van der Waals surface area contributed by atoms with Gasteiger partial charge in [-0.3, -0.25) is 4.79 Å². The van der Waals surface area contributed by atoms with Crippen molar-refractivity contribution < 1.29 is 14.3 Å². The topological polar surface area (TPSA) is 35.5 Å². The molecule has 3 heteroatoms. The molecular weight excluding hydrogens is 228 g/mol. The lowest BCUT2D eigenvalue weighted by atomic mass is 10.0. The molecule has 0 spiro atoms. The first kappa shape index (κ1) is 15.4. The molecule has 0 bridgehead atoms. The lowest BCUT2D eigenvalue weighted by Gasteiger charge is -2.24. The number of rotatable bonds is 9. The van der Waals surface area contributed by atoms with E-state index < -0.39 is 0 Å². The van der Waals surface area contributed by atoms with Crippen molar-refractivity contribution in [2.75, 3.05) is 6.61 Å². The smallest absolute Gasteiger partial charge is 0.184 e. The van der Waals surface area contributed by atoms with Crippen molar-refractivity contribution in [3.05, 3.63) is 12.2 Å². The predicted octanol–water partition coefficient (Wildman–Crippen LogP) is 3.62. The highest BCUT2D eigenvalue weighted by Gasteiger charge is 2.24. The summed E-state index contributed by atoms with van der Waals surface area (Å²) in [4.78, 5) is 11.6. The van der Waals surface area contributed by atoms with E-state index in [0.717, 1.165) is 12.8 Å². The van der Waals surface area contributed by atoms with Gasteiger partial charge in [-0.05, 0) is 25.5 Å². The van der Waals surface area contributed by atoms with Crippen molar-refractivity contribution in [3.8, 4) is 0 Å². The average molecular weight is 254 g/mol. The summed E-state index contributed by atoms with van der Waals surface area (Å²) in [6.45, 7) is 4.75. The highest BCUT2D eigenvalue weighted by Crippen LogP contribution is 2.17. The molecule has 0 amide bonds. The molecule has 0 radical (unpaired) electrons. The van der Waals surface area contributed by atoms with E-state index in [4.69, 9.17) is 9.47 Å². The predicted molar refractivity (Wildman–Crippen MR) is 72.4 cm³/mol. The first-order valence-electron chi connectivity index (χ1n) is 7.27. The summed E-state index contributed by atoms with van der Waals surface area (Å²) >= 11 is 0. The zero-order valence-corrected chi connectivity index (χ0v) is 11.7. The van der Waals surface area contributed by atoms with Crippen LogP contribution in [0.2, 0.25) is 0 Å². The Kier molecular flexibility index (Phi) is 7.94. The van der Waals surface area contributed by atoms with Crippen LogP contribution >= 0.6 is 0 Å². The van der Waals surface area contributed by atoms with Crippen molar-refractivity contribution >= 4 is 5.78 Å². The monoisotopic (exact) mass is 254 g/mol. The van der Waals surface area contributed by atoms with Gasteiger partial charge in [-0.2, -0.15) is 0 Å². The van der Waals surface area contributed by atoms with E-state index in [2.05, 4.69) is 6.92 Å². The first-order valence-corrected chi connectivity index (χ1v) is 7.27. The van der Waals surface area contributed by atoms with Crippen LogP contribution in [0, 0.1) is 0 Å². The van der Waals surface area contributed by atoms with Gasteiger partial charge in [0.05, 0.1) is 0 Å². The zero-order chi connectivity index (χ0) is 13.2. The second-order valence-corrected chi connectivity index (χ2v) is 4.77. The van der Waals surface area contributed by atoms with Crippen LogP contribution in [0.4, 0.5) is 0 Å². The Morgan fingerprint density at radius 1 is 1.17 bits per heavy atom. The van der Waals surface area contributed by atoms with E-state index in [0.29, 0.717) is 6.61 Å². The number of carbonyl (C=O) groups excluding carboxylic acids is 1. The standard InChI is InChI=1S/C15H26O3/c1-3-5-6-7-8-9-10-14-13(16)11-12-15(18-14)17-4-2/h11-12,14-15H,3-10H2,1-2H3. The van der Waals surface area contributed by atoms with Gasteiger partial charge >= 0.3 is 0 Å². The maximum atomic E-state index is 11.6. The molecule has 2 unspecified atom stereocenters. The van der Waals surface area contributed by atoms with Gasteiger partial charge in [-0.25, -0.2) is 0 Å². The van der Waals surface area contributed by atoms with Gasteiger partial charge in [-0.1, -0.05) is 45.4 Å². The Bertz CT molecular complexity index is 260. The van der Waals surface area contributed by atoms with E-state index >= 15 is 0 Å². The van der Waals surface area contributed by atoms with Gasteiger partial charge in [0.25, 0.3) is 0 Å². The first-order chi connectivity index (χ1) is 8.77. The molecule has 0 fully saturated rings. The highest BCUT2D eigenvalue weighted by molar-refractivity contribution is 5.94. The maximum absolute atomic E-state index is 11.6. The van der Waals surface area contributed by atoms with Gasteiger partial charge in [0.15, 0.2) is 12.1 Å². The van der Waals surface area contributed by atoms with Crippen LogP contribution in [0.15, 0.2) is 12.2 Å². The molecule has 0 aromatic rings. The minimum atomic E-state index is -0.335. The fourth-order valence-corrected chi connectivity index (χ4v) is 2.13. The van der Waals surface area contributed by atoms with Gasteiger partial charge in [-0.15, -0.1) is 0 Å². The molecular formula is C15H26O3. The van der Waals surface area contributed by atoms with E-state index in [1.807, 2.05) is 6.92 Å². The number of ether oxygens (including phenoxy) is 2. The minimum Gasteiger partial charge on any atom is -0.349 e. The highest BCUT2D eigenvalue weighted by atomic mass is 16.7. The SMILES string of the molecule is CCCCCCCCC1OC(OCC)C=CC1=O. The Morgan fingerprint density at radius 2 is 1.89 bits per heavy atom. The molecule has 0 aromatic carbocycles. The molecule has 18 heavy (non-hydrogen) atoms. The Hall–Kier alpha value is -0.670. The molecule has 104 valence electrons.